The smallest absolute Gasteiger partial charge is 0.345 e. The Morgan fingerprint density at radius 2 is 1.26 bits per heavy atom. The van der Waals surface area contributed by atoms with E-state index in [0.29, 0.717) is 22.3 Å². The first-order valence-electron chi connectivity index (χ1n) is 16.6. The molecule has 0 atom stereocenters. The molecule has 7 aromatic carbocycles. The lowest BCUT2D eigenvalue weighted by atomic mass is 9.85. The topological polar surface area (TPSA) is 80.7 Å². The number of halogens is 4. The number of hydrogen-bond donors (Lipinski definition) is 1. The first-order valence-corrected chi connectivity index (χ1v) is 18.0. The van der Waals surface area contributed by atoms with E-state index in [1.165, 1.54) is 5.56 Å². The molecule has 260 valence electrons. The van der Waals surface area contributed by atoms with Gasteiger partial charge in [0, 0.05) is 0 Å². The van der Waals surface area contributed by atoms with Gasteiger partial charge in [-0.1, -0.05) is 91.0 Å². The summed E-state index contributed by atoms with van der Waals surface area (Å²) in [4.78, 5) is 12.1. The van der Waals surface area contributed by atoms with Crippen molar-refractivity contribution in [1.82, 2.24) is 0 Å². The van der Waals surface area contributed by atoms with E-state index in [0.717, 1.165) is 61.8 Å². The van der Waals surface area contributed by atoms with Gasteiger partial charge >= 0.3 is 16.1 Å². The summed E-state index contributed by atoms with van der Waals surface area (Å²) in [7, 11) is -5.73. The van der Waals surface area contributed by atoms with E-state index in [4.69, 9.17) is 4.74 Å². The fourth-order valence-electron chi connectivity index (χ4n) is 7.72. The molecular formula is C43H24F4O5S. The normalized spacial score (nSPS) is 13.3. The molecule has 0 spiro atoms. The number of benzene rings is 7. The number of allylic oxidation sites excluding steroid dienone is 2. The predicted octanol–water partition coefficient (Wildman–Crippen LogP) is 10.6. The second kappa shape index (κ2) is 12.0. The van der Waals surface area contributed by atoms with Gasteiger partial charge in [0.25, 0.3) is 0 Å². The average molecular weight is 729 g/mol. The van der Waals surface area contributed by atoms with Crippen LogP contribution in [-0.2, 0) is 23.0 Å². The van der Waals surface area contributed by atoms with E-state index < -0.39 is 50.0 Å². The van der Waals surface area contributed by atoms with Crippen molar-refractivity contribution in [1.29, 1.82) is 0 Å². The zero-order valence-corrected chi connectivity index (χ0v) is 28.2. The number of carbonyl (C=O) groups is 1. The molecule has 9 rings (SSSR count). The monoisotopic (exact) mass is 728 g/mol. The Balaban J connectivity index is 1.28. The van der Waals surface area contributed by atoms with Crippen molar-refractivity contribution >= 4 is 60.6 Å². The first-order chi connectivity index (χ1) is 25.5. The van der Waals surface area contributed by atoms with E-state index in [-0.39, 0.29) is 5.56 Å². The minimum absolute atomic E-state index is 0.168. The van der Waals surface area contributed by atoms with E-state index in [9.17, 15) is 26.5 Å². The minimum Gasteiger partial charge on any atom is -0.416 e. The van der Waals surface area contributed by atoms with Crippen LogP contribution in [0.5, 0.6) is 5.75 Å². The molecule has 2 aliphatic carbocycles. The molecule has 0 saturated carbocycles. The molecule has 0 bridgehead atoms. The molecule has 0 radical (unpaired) electrons. The van der Waals surface area contributed by atoms with Crippen molar-refractivity contribution in [3.8, 4) is 28.0 Å². The summed E-state index contributed by atoms with van der Waals surface area (Å²) < 4.78 is 97.7. The summed E-state index contributed by atoms with van der Waals surface area (Å²) in [6.45, 7) is 0. The molecule has 1 N–H and O–H groups in total. The molecule has 2 aliphatic rings. The maximum absolute atomic E-state index is 15.2. The molecule has 0 heterocycles. The van der Waals surface area contributed by atoms with Gasteiger partial charge in [-0.15, -0.1) is 0 Å². The number of carbonyl (C=O) groups excluding carboxylic acids is 1. The molecule has 53 heavy (non-hydrogen) atoms. The van der Waals surface area contributed by atoms with E-state index in [1.54, 1.807) is 24.3 Å². The SMILES string of the molecule is O=C(Oc1c(F)c(F)c(S(=O)(=O)O)c(F)c1F)c1c(-c2cc3c4c(cccc4c2)CC=C3)cccc1-c1ccc2cc3cccc4c3c(c2c1)C=CC4. The molecule has 10 heteroatoms. The summed E-state index contributed by atoms with van der Waals surface area (Å²) in [5.74, 6) is -12.7. The number of hydrogen-bond acceptors (Lipinski definition) is 4. The Morgan fingerprint density at radius 1 is 0.642 bits per heavy atom. The van der Waals surface area contributed by atoms with Crippen LogP contribution in [0.3, 0.4) is 0 Å². The summed E-state index contributed by atoms with van der Waals surface area (Å²) in [6, 6.07) is 28.5. The van der Waals surface area contributed by atoms with Gasteiger partial charge in [0.1, 0.15) is 0 Å². The van der Waals surface area contributed by atoms with Crippen molar-refractivity contribution in [2.24, 2.45) is 0 Å². The molecule has 0 aromatic heterocycles. The van der Waals surface area contributed by atoms with Crippen LogP contribution in [0.15, 0.2) is 108 Å². The second-order valence-electron chi connectivity index (χ2n) is 13.0. The minimum atomic E-state index is -5.73. The highest BCUT2D eigenvalue weighted by Gasteiger charge is 2.35. The van der Waals surface area contributed by atoms with Crippen molar-refractivity contribution < 1.29 is 40.1 Å². The lowest BCUT2D eigenvalue weighted by Crippen LogP contribution is -2.17. The van der Waals surface area contributed by atoms with Crippen LogP contribution in [0, 0.1) is 23.3 Å². The summed E-state index contributed by atoms with van der Waals surface area (Å²) >= 11 is 0. The Kier molecular flexibility index (Phi) is 7.41. The standard InChI is InChI=1S/C43H24F4O5S/c44-37-39(46)42(53(49,50)51)40(47)38(45)41(37)52-43(48)36-30(13-5-14-31(36)29-19-26-10-1-6-22-7-2-11-27(20-29)34(22)26)25-17-16-24-18-28-12-3-8-23-9-4-15-32(35(23)28)33(24)21-25/h1-6,8,10-21H,7,9H2,(H,49,50,51). The van der Waals surface area contributed by atoms with E-state index >= 15 is 8.78 Å². The Hall–Kier alpha value is -6.10. The van der Waals surface area contributed by atoms with Gasteiger partial charge in [0.15, 0.2) is 16.5 Å². The first kappa shape index (κ1) is 32.8. The van der Waals surface area contributed by atoms with Crippen molar-refractivity contribution in [2.45, 2.75) is 17.7 Å². The van der Waals surface area contributed by atoms with Crippen LogP contribution < -0.4 is 4.74 Å². The van der Waals surface area contributed by atoms with Gasteiger partial charge in [-0.3, -0.25) is 4.55 Å². The predicted molar refractivity (Wildman–Crippen MR) is 196 cm³/mol. The van der Waals surface area contributed by atoms with Crippen LogP contribution in [0.4, 0.5) is 17.6 Å². The van der Waals surface area contributed by atoms with Gasteiger partial charge in [-0.05, 0) is 114 Å². The molecule has 0 saturated heterocycles. The van der Waals surface area contributed by atoms with Crippen LogP contribution in [0.1, 0.15) is 32.6 Å². The summed E-state index contributed by atoms with van der Waals surface area (Å²) in [5, 5.41) is 5.92. The lowest BCUT2D eigenvalue weighted by Gasteiger charge is -2.19. The fourth-order valence-corrected chi connectivity index (χ4v) is 8.35. The number of esters is 1. The van der Waals surface area contributed by atoms with Crippen molar-refractivity contribution in [3.05, 3.63) is 154 Å². The average Bonchev–Trinajstić information content (AvgIpc) is 3.15. The highest BCUT2D eigenvalue weighted by Crippen LogP contribution is 2.42. The van der Waals surface area contributed by atoms with E-state index in [1.807, 2.05) is 66.7 Å². The van der Waals surface area contributed by atoms with Gasteiger partial charge < -0.3 is 4.74 Å². The molecule has 0 aliphatic heterocycles. The molecule has 0 amide bonds. The maximum Gasteiger partial charge on any atom is 0.345 e. The Morgan fingerprint density at radius 3 is 1.96 bits per heavy atom. The molecular weight excluding hydrogens is 705 g/mol. The zero-order chi connectivity index (χ0) is 36.8. The largest absolute Gasteiger partial charge is 0.416 e. The number of rotatable bonds is 5. The summed E-state index contributed by atoms with van der Waals surface area (Å²) in [5.41, 5.74) is 5.68. The van der Waals surface area contributed by atoms with Crippen LogP contribution in [0.2, 0.25) is 0 Å². The van der Waals surface area contributed by atoms with Crippen molar-refractivity contribution in [2.75, 3.05) is 0 Å². The third-order valence-corrected chi connectivity index (χ3v) is 10.9. The lowest BCUT2D eigenvalue weighted by molar-refractivity contribution is 0.0718. The van der Waals surface area contributed by atoms with Crippen LogP contribution in [0.25, 0.3) is 66.7 Å². The highest BCUT2D eigenvalue weighted by atomic mass is 32.2. The highest BCUT2D eigenvalue weighted by molar-refractivity contribution is 7.85. The molecule has 0 unspecified atom stereocenters. The zero-order valence-electron chi connectivity index (χ0n) is 27.4. The van der Waals surface area contributed by atoms with Crippen LogP contribution in [-0.4, -0.2) is 18.9 Å². The number of ether oxygens (including phenoxy) is 1. The molecule has 5 nitrogen and oxygen atoms in total. The van der Waals surface area contributed by atoms with Gasteiger partial charge in [0.2, 0.25) is 17.4 Å². The second-order valence-corrected chi connectivity index (χ2v) is 14.4. The van der Waals surface area contributed by atoms with E-state index in [2.05, 4.69) is 24.3 Å². The fraction of sp³-hybridized carbons (Fsp3) is 0.0465. The summed E-state index contributed by atoms with van der Waals surface area (Å²) in [6.07, 6.45) is 9.63. The Labute approximate surface area is 299 Å². The van der Waals surface area contributed by atoms with Gasteiger partial charge in [0.05, 0.1) is 5.56 Å². The molecule has 0 fully saturated rings. The van der Waals surface area contributed by atoms with Crippen molar-refractivity contribution in [3.63, 3.8) is 0 Å². The maximum atomic E-state index is 15.2. The molecule has 7 aromatic rings. The third-order valence-electron chi connectivity index (χ3n) is 9.98. The number of fused-ring (bicyclic) bond motifs is 2. The van der Waals surface area contributed by atoms with Gasteiger partial charge in [-0.2, -0.15) is 17.2 Å². The quantitative estimate of drug-likeness (QED) is 0.0477. The van der Waals surface area contributed by atoms with Crippen LogP contribution >= 0.6 is 0 Å². The Bertz CT molecular complexity index is 2940. The third kappa shape index (κ3) is 5.16. The van der Waals surface area contributed by atoms with Gasteiger partial charge in [-0.25, -0.2) is 13.6 Å².